The Morgan fingerprint density at radius 3 is 2.91 bits per heavy atom. The van der Waals surface area contributed by atoms with E-state index in [0.29, 0.717) is 5.65 Å². The summed E-state index contributed by atoms with van der Waals surface area (Å²) in [6, 6.07) is 8.83. The van der Waals surface area contributed by atoms with Crippen LogP contribution in [0.15, 0.2) is 46.7 Å². The van der Waals surface area contributed by atoms with E-state index in [-0.39, 0.29) is 24.7 Å². The van der Waals surface area contributed by atoms with Crippen LogP contribution in [0.5, 0.6) is 0 Å². The van der Waals surface area contributed by atoms with Crippen LogP contribution in [0.4, 0.5) is 0 Å². The number of hydrogen-bond donors (Lipinski definition) is 2. The molecule has 23 heavy (non-hydrogen) atoms. The summed E-state index contributed by atoms with van der Waals surface area (Å²) in [5.74, 6) is -0.382. The molecule has 7 nitrogen and oxygen atoms in total. The van der Waals surface area contributed by atoms with Gasteiger partial charge in [0.15, 0.2) is 5.65 Å². The van der Waals surface area contributed by atoms with Gasteiger partial charge in [0.25, 0.3) is 0 Å². The molecule has 120 valence electrons. The quantitative estimate of drug-likeness (QED) is 0.715. The minimum absolute atomic E-state index is 0.0640. The lowest BCUT2D eigenvalue weighted by Gasteiger charge is -2.22. The second kappa shape index (κ2) is 5.98. The highest BCUT2D eigenvalue weighted by Crippen LogP contribution is 2.24. The lowest BCUT2D eigenvalue weighted by molar-refractivity contribution is -0.123. The Morgan fingerprint density at radius 2 is 2.22 bits per heavy atom. The average molecular weight is 332 g/mol. The highest BCUT2D eigenvalue weighted by atomic mass is 32.1. The Kier molecular flexibility index (Phi) is 4.01. The highest BCUT2D eigenvalue weighted by Gasteiger charge is 2.25. The van der Waals surface area contributed by atoms with E-state index in [0.717, 1.165) is 9.56 Å². The second-order valence-corrected chi connectivity index (χ2v) is 6.34. The molecule has 0 aromatic carbocycles. The van der Waals surface area contributed by atoms with Crippen molar-refractivity contribution < 1.29 is 9.90 Å². The molecule has 2 N–H and O–H groups in total. The zero-order chi connectivity index (χ0) is 16.4. The maximum atomic E-state index is 12.1. The van der Waals surface area contributed by atoms with Crippen molar-refractivity contribution in [1.29, 1.82) is 0 Å². The van der Waals surface area contributed by atoms with Crippen LogP contribution < -0.4 is 11.0 Å². The van der Waals surface area contributed by atoms with Crippen LogP contribution in [0.25, 0.3) is 5.65 Å². The number of nitrogens with one attached hydrogen (secondary N) is 1. The molecule has 0 aliphatic heterocycles. The zero-order valence-electron chi connectivity index (χ0n) is 12.5. The Balaban J connectivity index is 1.67. The fourth-order valence-corrected chi connectivity index (χ4v) is 2.99. The van der Waals surface area contributed by atoms with Gasteiger partial charge >= 0.3 is 5.69 Å². The molecule has 3 aromatic rings. The van der Waals surface area contributed by atoms with Crippen molar-refractivity contribution in [1.82, 2.24) is 19.5 Å². The van der Waals surface area contributed by atoms with Crippen molar-refractivity contribution in [3.63, 3.8) is 0 Å². The molecule has 0 fully saturated rings. The average Bonchev–Trinajstić information content (AvgIpc) is 3.16. The summed E-state index contributed by atoms with van der Waals surface area (Å²) < 4.78 is 2.47. The third-order valence-electron chi connectivity index (χ3n) is 3.46. The SMILES string of the molecule is C[C@@](O)(CNC(=O)Cn1nc2ccccn2c1=O)c1cccs1. The molecule has 1 atom stereocenters. The number of carbonyl (C=O) groups excluding carboxylic acids is 1. The fourth-order valence-electron chi connectivity index (χ4n) is 2.21. The van der Waals surface area contributed by atoms with Gasteiger partial charge in [-0.1, -0.05) is 12.1 Å². The lowest BCUT2D eigenvalue weighted by atomic mass is 10.1. The summed E-state index contributed by atoms with van der Waals surface area (Å²) in [4.78, 5) is 24.9. The number of rotatable bonds is 5. The number of pyridine rings is 1. The summed E-state index contributed by atoms with van der Waals surface area (Å²) in [7, 11) is 0. The van der Waals surface area contributed by atoms with Gasteiger partial charge in [-0.3, -0.25) is 9.20 Å². The van der Waals surface area contributed by atoms with E-state index < -0.39 is 5.60 Å². The van der Waals surface area contributed by atoms with E-state index in [1.54, 1.807) is 31.3 Å². The van der Waals surface area contributed by atoms with Gasteiger partial charge in [-0.15, -0.1) is 16.4 Å². The molecule has 0 saturated carbocycles. The lowest BCUT2D eigenvalue weighted by Crippen LogP contribution is -2.40. The molecule has 0 bridgehead atoms. The largest absolute Gasteiger partial charge is 0.383 e. The summed E-state index contributed by atoms with van der Waals surface area (Å²) in [5, 5.41) is 19.0. The fraction of sp³-hybridized carbons (Fsp3) is 0.267. The number of nitrogens with zero attached hydrogens (tertiary/aromatic N) is 3. The zero-order valence-corrected chi connectivity index (χ0v) is 13.3. The van der Waals surface area contributed by atoms with Crippen LogP contribution in [0.1, 0.15) is 11.8 Å². The van der Waals surface area contributed by atoms with Crippen LogP contribution in [0.3, 0.4) is 0 Å². The topological polar surface area (TPSA) is 88.6 Å². The van der Waals surface area contributed by atoms with Crippen molar-refractivity contribution in [2.45, 2.75) is 19.1 Å². The van der Waals surface area contributed by atoms with E-state index in [1.165, 1.54) is 15.7 Å². The maximum Gasteiger partial charge on any atom is 0.350 e. The summed E-state index contributed by atoms with van der Waals surface area (Å²) in [5.41, 5.74) is -1.04. The number of fused-ring (bicyclic) bond motifs is 1. The Bertz CT molecular complexity index is 880. The number of thiophene rings is 1. The predicted octanol–water partition coefficient (Wildman–Crippen LogP) is 0.581. The van der Waals surface area contributed by atoms with Gasteiger partial charge < -0.3 is 10.4 Å². The first-order valence-electron chi connectivity index (χ1n) is 7.05. The van der Waals surface area contributed by atoms with Gasteiger partial charge in [0.05, 0.1) is 6.54 Å². The monoisotopic (exact) mass is 332 g/mol. The van der Waals surface area contributed by atoms with E-state index in [4.69, 9.17) is 0 Å². The van der Waals surface area contributed by atoms with Crippen molar-refractivity contribution in [3.05, 3.63) is 57.3 Å². The molecule has 0 radical (unpaired) electrons. The van der Waals surface area contributed by atoms with E-state index in [2.05, 4.69) is 10.4 Å². The van der Waals surface area contributed by atoms with Crippen molar-refractivity contribution in [2.75, 3.05) is 6.54 Å². The number of carbonyl (C=O) groups is 1. The number of aliphatic hydroxyl groups is 1. The van der Waals surface area contributed by atoms with Gasteiger partial charge in [-0.2, -0.15) is 0 Å². The smallest absolute Gasteiger partial charge is 0.350 e. The van der Waals surface area contributed by atoms with Crippen LogP contribution in [-0.2, 0) is 16.9 Å². The highest BCUT2D eigenvalue weighted by molar-refractivity contribution is 7.10. The van der Waals surface area contributed by atoms with Crippen LogP contribution in [0.2, 0.25) is 0 Å². The van der Waals surface area contributed by atoms with E-state index in [9.17, 15) is 14.7 Å². The Hall–Kier alpha value is -2.45. The molecular weight excluding hydrogens is 316 g/mol. The molecule has 8 heteroatoms. The van der Waals surface area contributed by atoms with Gasteiger partial charge in [0.2, 0.25) is 5.91 Å². The van der Waals surface area contributed by atoms with E-state index in [1.807, 2.05) is 17.5 Å². The van der Waals surface area contributed by atoms with Crippen molar-refractivity contribution >= 4 is 22.9 Å². The molecule has 0 aliphatic rings. The maximum absolute atomic E-state index is 12.1. The molecule has 3 heterocycles. The van der Waals surface area contributed by atoms with Crippen molar-refractivity contribution in [2.24, 2.45) is 0 Å². The minimum Gasteiger partial charge on any atom is -0.383 e. The minimum atomic E-state index is -1.15. The Morgan fingerprint density at radius 1 is 1.39 bits per heavy atom. The van der Waals surface area contributed by atoms with Gasteiger partial charge in [-0.25, -0.2) is 9.48 Å². The third kappa shape index (κ3) is 3.17. The molecule has 1 amide bonds. The molecule has 0 unspecified atom stereocenters. The van der Waals surface area contributed by atoms with Crippen LogP contribution in [-0.4, -0.2) is 31.7 Å². The number of aromatic nitrogens is 3. The number of hydrogen-bond acceptors (Lipinski definition) is 5. The predicted molar refractivity (Wildman–Crippen MR) is 86.4 cm³/mol. The Labute approximate surface area is 135 Å². The number of amides is 1. The standard InChI is InChI=1S/C15H16N4O3S/c1-15(22,11-5-4-8-23-11)10-16-13(20)9-19-14(21)18-7-3-2-6-12(18)17-19/h2-8,22H,9-10H2,1H3,(H,16,20)/t15-/m1/s1. The first-order valence-corrected chi connectivity index (χ1v) is 7.92. The van der Waals surface area contributed by atoms with Gasteiger partial charge in [0, 0.05) is 11.1 Å². The summed E-state index contributed by atoms with van der Waals surface area (Å²) in [6.45, 7) is 1.51. The molecule has 3 rings (SSSR count). The first kappa shape index (κ1) is 15.4. The molecule has 0 saturated heterocycles. The molecular formula is C15H16N4O3S. The van der Waals surface area contributed by atoms with E-state index >= 15 is 0 Å². The second-order valence-electron chi connectivity index (χ2n) is 5.40. The molecule has 3 aromatic heterocycles. The van der Waals surface area contributed by atoms with Gasteiger partial charge in [0.1, 0.15) is 12.1 Å². The van der Waals surface area contributed by atoms with Gasteiger partial charge in [-0.05, 0) is 30.5 Å². The third-order valence-corrected chi connectivity index (χ3v) is 4.59. The first-order chi connectivity index (χ1) is 11.0. The summed E-state index contributed by atoms with van der Waals surface area (Å²) >= 11 is 1.42. The molecule has 0 spiro atoms. The van der Waals surface area contributed by atoms with Crippen molar-refractivity contribution in [3.8, 4) is 0 Å². The normalized spacial score (nSPS) is 13.8. The molecule has 0 aliphatic carbocycles. The van der Waals surface area contributed by atoms with Crippen LogP contribution >= 0.6 is 11.3 Å². The summed E-state index contributed by atoms with van der Waals surface area (Å²) in [6.07, 6.45) is 1.60. The van der Waals surface area contributed by atoms with Crippen LogP contribution in [0, 0.1) is 0 Å².